The lowest BCUT2D eigenvalue weighted by atomic mass is 9.81. The Labute approximate surface area is 405 Å². The van der Waals surface area contributed by atoms with E-state index in [-0.39, 0.29) is 10.8 Å². The van der Waals surface area contributed by atoms with Crippen LogP contribution in [0.4, 0.5) is 17.1 Å². The normalized spacial score (nSPS) is 13.7. The lowest BCUT2D eigenvalue weighted by Crippen LogP contribution is -2.15. The number of nitrogens with zero attached hydrogens (tertiary/aromatic N) is 1. The number of rotatable bonds is 7. The van der Waals surface area contributed by atoms with Crippen molar-refractivity contribution in [3.05, 3.63) is 259 Å². The highest BCUT2D eigenvalue weighted by atomic mass is 15.1. The molecule has 0 bridgehead atoms. The summed E-state index contributed by atoms with van der Waals surface area (Å²) in [5, 5.41) is 5.04. The second kappa shape index (κ2) is 15.7. The van der Waals surface area contributed by atoms with E-state index in [4.69, 9.17) is 0 Å². The number of fused-ring (bicyclic) bond motifs is 9. The van der Waals surface area contributed by atoms with E-state index in [1.807, 2.05) is 0 Å². The number of anilines is 3. The van der Waals surface area contributed by atoms with Crippen molar-refractivity contribution in [2.45, 2.75) is 38.5 Å². The summed E-state index contributed by atoms with van der Waals surface area (Å²) >= 11 is 0. The zero-order valence-corrected chi connectivity index (χ0v) is 39.5. The van der Waals surface area contributed by atoms with E-state index in [0.29, 0.717) is 0 Å². The maximum atomic E-state index is 2.48. The summed E-state index contributed by atoms with van der Waals surface area (Å²) in [5.41, 5.74) is 23.7. The predicted molar refractivity (Wildman–Crippen MR) is 293 cm³/mol. The van der Waals surface area contributed by atoms with Crippen molar-refractivity contribution in [2.24, 2.45) is 0 Å². The molecule has 2 aliphatic carbocycles. The summed E-state index contributed by atoms with van der Waals surface area (Å²) in [4.78, 5) is 2.48. The van der Waals surface area contributed by atoms with Gasteiger partial charge in [-0.05, 0) is 141 Å². The molecule has 0 atom stereocenters. The minimum absolute atomic E-state index is 0.0911. The number of hydrogen-bond donors (Lipinski definition) is 0. The molecule has 0 fully saturated rings. The lowest BCUT2D eigenvalue weighted by Gasteiger charge is -2.29. The SMILES string of the molecule is CC1(C)c2ccccc2-c2ccc(-c3cccc(N(c4ccc(-c5c(-c6ccccc6)c6ccccc6c6ccccc56)cc4)c4ccccc4-c4cccc5c4-c4ccccc4C5(C)C)c3)cc21. The fourth-order valence-corrected chi connectivity index (χ4v) is 12.1. The fraction of sp³-hybridized carbons (Fsp3) is 0.0882. The molecule has 0 aliphatic heterocycles. The summed E-state index contributed by atoms with van der Waals surface area (Å²) < 4.78 is 0. The molecule has 1 nitrogen and oxygen atoms in total. The lowest BCUT2D eigenvalue weighted by molar-refractivity contribution is 0.660. The van der Waals surface area contributed by atoms with Crippen LogP contribution in [0.25, 0.3) is 88.3 Å². The topological polar surface area (TPSA) is 3.24 Å². The van der Waals surface area contributed by atoms with Gasteiger partial charge in [0.15, 0.2) is 0 Å². The van der Waals surface area contributed by atoms with E-state index in [9.17, 15) is 0 Å². The smallest absolute Gasteiger partial charge is 0.0540 e. The molecule has 69 heavy (non-hydrogen) atoms. The number of hydrogen-bond acceptors (Lipinski definition) is 1. The Hall–Kier alpha value is -8.26. The third-order valence-corrected chi connectivity index (χ3v) is 15.5. The number of benzene rings is 11. The minimum atomic E-state index is -0.113. The van der Waals surface area contributed by atoms with Gasteiger partial charge >= 0.3 is 0 Å². The van der Waals surface area contributed by atoms with Crippen molar-refractivity contribution < 1.29 is 0 Å². The van der Waals surface area contributed by atoms with Crippen LogP contribution in [0.15, 0.2) is 237 Å². The summed E-state index contributed by atoms with van der Waals surface area (Å²) in [6.45, 7) is 9.47. The Bertz CT molecular complexity index is 3830. The zero-order valence-electron chi connectivity index (χ0n) is 39.5. The molecule has 0 spiro atoms. The van der Waals surface area contributed by atoms with Crippen LogP contribution in [-0.2, 0) is 10.8 Å². The first-order valence-electron chi connectivity index (χ1n) is 24.3. The highest BCUT2D eigenvalue weighted by Crippen LogP contribution is 2.55. The molecule has 11 aromatic carbocycles. The molecule has 1 heteroatoms. The number of para-hydroxylation sites is 1. The summed E-state index contributed by atoms with van der Waals surface area (Å²) in [5.74, 6) is 0. The Morgan fingerprint density at radius 2 is 0.725 bits per heavy atom. The van der Waals surface area contributed by atoms with Crippen LogP contribution in [-0.4, -0.2) is 0 Å². The molecule has 11 aromatic rings. The monoisotopic (exact) mass is 881 g/mol. The molecule has 2 aliphatic rings. The Balaban J connectivity index is 1.01. The van der Waals surface area contributed by atoms with E-state index in [1.54, 1.807) is 0 Å². The molecular weight excluding hydrogens is 831 g/mol. The van der Waals surface area contributed by atoms with E-state index >= 15 is 0 Å². The van der Waals surface area contributed by atoms with Gasteiger partial charge in [-0.25, -0.2) is 0 Å². The molecule has 13 rings (SSSR count). The van der Waals surface area contributed by atoms with Gasteiger partial charge in [0.05, 0.1) is 5.69 Å². The quantitative estimate of drug-likeness (QED) is 0.144. The Kier molecular flexibility index (Phi) is 9.30. The molecule has 0 N–H and O–H groups in total. The van der Waals surface area contributed by atoms with Gasteiger partial charge in [0, 0.05) is 27.8 Å². The second-order valence-corrected chi connectivity index (χ2v) is 20.0. The maximum Gasteiger partial charge on any atom is 0.0540 e. The molecule has 0 aromatic heterocycles. The highest BCUT2D eigenvalue weighted by Gasteiger charge is 2.38. The van der Waals surface area contributed by atoms with Crippen LogP contribution in [0.3, 0.4) is 0 Å². The first kappa shape index (κ1) is 41.0. The van der Waals surface area contributed by atoms with Gasteiger partial charge in [0.2, 0.25) is 0 Å². The van der Waals surface area contributed by atoms with Crippen molar-refractivity contribution in [2.75, 3.05) is 4.90 Å². The van der Waals surface area contributed by atoms with E-state index in [0.717, 1.165) is 17.1 Å². The predicted octanol–water partition coefficient (Wildman–Crippen LogP) is 18.7. The molecule has 0 unspecified atom stereocenters. The average molecular weight is 882 g/mol. The first-order chi connectivity index (χ1) is 33.8. The van der Waals surface area contributed by atoms with Crippen molar-refractivity contribution in [1.82, 2.24) is 0 Å². The summed E-state index contributed by atoms with van der Waals surface area (Å²) in [6, 6.07) is 88.1. The van der Waals surface area contributed by atoms with Crippen LogP contribution in [0, 0.1) is 0 Å². The molecule has 0 saturated carbocycles. The molecule has 328 valence electrons. The van der Waals surface area contributed by atoms with Gasteiger partial charge in [0.1, 0.15) is 0 Å². The van der Waals surface area contributed by atoms with Crippen LogP contribution < -0.4 is 4.90 Å². The zero-order chi connectivity index (χ0) is 46.4. The van der Waals surface area contributed by atoms with Crippen LogP contribution in [0.1, 0.15) is 49.9 Å². The van der Waals surface area contributed by atoms with Crippen molar-refractivity contribution in [3.8, 4) is 66.8 Å². The Morgan fingerprint density at radius 3 is 1.43 bits per heavy atom. The molecule has 0 saturated heterocycles. The van der Waals surface area contributed by atoms with E-state index in [1.165, 1.54) is 111 Å². The van der Waals surface area contributed by atoms with Crippen molar-refractivity contribution in [1.29, 1.82) is 0 Å². The molecule has 0 radical (unpaired) electrons. The standard InChI is InChI=1S/C68H51N/c1-67(2)60-33-16-13-30-58(60)66-57(31-19-34-61(66)67)54-27-14-17-35-63(54)69(49-23-18-22-46(42-49)47-38-41-53-52-26-12-15-32-59(52)68(3,4)62(53)43-47)48-39-36-45(37-40-48)65-56-29-11-9-25-51(56)50-24-8-10-28-55(50)64(65)44-20-6-5-7-21-44/h5-43H,1-4H3. The van der Waals surface area contributed by atoms with Gasteiger partial charge in [-0.1, -0.05) is 228 Å². The van der Waals surface area contributed by atoms with Gasteiger partial charge < -0.3 is 4.90 Å². The third-order valence-electron chi connectivity index (χ3n) is 15.5. The fourth-order valence-electron chi connectivity index (χ4n) is 12.1. The van der Waals surface area contributed by atoms with Crippen LogP contribution >= 0.6 is 0 Å². The molecule has 0 heterocycles. The van der Waals surface area contributed by atoms with E-state index in [2.05, 4.69) is 269 Å². The average Bonchev–Trinajstić information content (AvgIpc) is 3.78. The second-order valence-electron chi connectivity index (χ2n) is 20.0. The minimum Gasteiger partial charge on any atom is -0.310 e. The summed E-state index contributed by atoms with van der Waals surface area (Å²) in [7, 11) is 0. The Morgan fingerprint density at radius 1 is 0.261 bits per heavy atom. The largest absolute Gasteiger partial charge is 0.310 e. The van der Waals surface area contributed by atoms with E-state index < -0.39 is 0 Å². The first-order valence-corrected chi connectivity index (χ1v) is 24.3. The van der Waals surface area contributed by atoms with Crippen molar-refractivity contribution >= 4 is 38.6 Å². The maximum absolute atomic E-state index is 2.48. The van der Waals surface area contributed by atoms with Crippen LogP contribution in [0.2, 0.25) is 0 Å². The van der Waals surface area contributed by atoms with Gasteiger partial charge in [0.25, 0.3) is 0 Å². The van der Waals surface area contributed by atoms with Crippen LogP contribution in [0.5, 0.6) is 0 Å². The molecular formula is C68H51N. The summed E-state index contributed by atoms with van der Waals surface area (Å²) in [6.07, 6.45) is 0. The van der Waals surface area contributed by atoms with Gasteiger partial charge in [-0.15, -0.1) is 0 Å². The van der Waals surface area contributed by atoms with Crippen molar-refractivity contribution in [3.63, 3.8) is 0 Å². The van der Waals surface area contributed by atoms with Gasteiger partial charge in [-0.3, -0.25) is 0 Å². The third kappa shape index (κ3) is 6.30. The molecule has 0 amide bonds. The highest BCUT2D eigenvalue weighted by molar-refractivity contribution is 6.21. The van der Waals surface area contributed by atoms with Gasteiger partial charge in [-0.2, -0.15) is 0 Å².